The lowest BCUT2D eigenvalue weighted by Crippen LogP contribution is -2.65. The number of aliphatic hydroxyl groups is 5. The molecule has 3 heterocycles. The van der Waals surface area contributed by atoms with Crippen LogP contribution < -0.4 is 0 Å². The van der Waals surface area contributed by atoms with Gasteiger partial charge in [-0.05, 0) is 92.4 Å². The molecular weight excluding hydrogens is 696 g/mol. The van der Waals surface area contributed by atoms with Crippen molar-refractivity contribution < 1.29 is 73.1 Å². The maximum atomic E-state index is 12.6. The molecule has 0 spiro atoms. The van der Waals surface area contributed by atoms with Crippen molar-refractivity contribution in [1.29, 1.82) is 0 Å². The molecule has 0 aromatic rings. The molecule has 2 saturated heterocycles. The first-order chi connectivity index (χ1) is 25.1. The van der Waals surface area contributed by atoms with Crippen LogP contribution >= 0.6 is 0 Å². The lowest BCUT2D eigenvalue weighted by atomic mass is 9.43. The number of rotatable bonds is 8. The zero-order chi connectivity index (χ0) is 38.0. The second kappa shape index (κ2) is 14.7. The molecule has 7 aliphatic rings. The first-order valence-electron chi connectivity index (χ1n) is 19.3. The van der Waals surface area contributed by atoms with Crippen molar-refractivity contribution in [3.8, 4) is 0 Å². The van der Waals surface area contributed by atoms with Crippen molar-refractivity contribution in [1.82, 2.24) is 0 Å². The highest BCUT2D eigenvalue weighted by Gasteiger charge is 2.68. The second-order valence-corrected chi connectivity index (χ2v) is 17.0. The molecule has 0 bridgehead atoms. The summed E-state index contributed by atoms with van der Waals surface area (Å²) in [6, 6.07) is 0. The lowest BCUT2D eigenvalue weighted by molar-refractivity contribution is -0.356. The highest BCUT2D eigenvalue weighted by Crippen LogP contribution is 2.70. The molecule has 0 aromatic carbocycles. The van der Waals surface area contributed by atoms with Crippen LogP contribution in [-0.2, 0) is 47.5 Å². The molecule has 53 heavy (non-hydrogen) atoms. The summed E-state index contributed by atoms with van der Waals surface area (Å²) < 4.78 is 40.7. The fourth-order valence-corrected chi connectivity index (χ4v) is 11.7. The van der Waals surface area contributed by atoms with Gasteiger partial charge in [-0.15, -0.1) is 0 Å². The summed E-state index contributed by atoms with van der Waals surface area (Å²) in [4.78, 5) is 36.8. The van der Waals surface area contributed by atoms with Gasteiger partial charge in [-0.3, -0.25) is 9.59 Å². The summed E-state index contributed by atoms with van der Waals surface area (Å²) in [5.74, 6) is -0.865. The summed E-state index contributed by atoms with van der Waals surface area (Å²) >= 11 is 0. The predicted octanol–water partition coefficient (Wildman–Crippen LogP) is 1.03. The van der Waals surface area contributed by atoms with Gasteiger partial charge >= 0.3 is 17.9 Å². The number of fused-ring (bicyclic) bond motifs is 5. The van der Waals surface area contributed by atoms with Crippen molar-refractivity contribution >= 4 is 17.9 Å². The SMILES string of the molecule is CC(=O)OC1C(OC2CCC3(C)C(CCC4C3CCC3(C)C(C5=CC(=O)OC5)CCC43O)C2)OC(CO)C(OC2OCC(O)C(O)C2O)C1OC(C)=O. The van der Waals surface area contributed by atoms with Crippen molar-refractivity contribution in [3.63, 3.8) is 0 Å². The van der Waals surface area contributed by atoms with Crippen LogP contribution in [0.1, 0.15) is 85.5 Å². The third kappa shape index (κ3) is 6.75. The highest BCUT2D eigenvalue weighted by atomic mass is 16.8. The maximum absolute atomic E-state index is 12.6. The third-order valence-electron chi connectivity index (χ3n) is 14.4. The number of carbonyl (C=O) groups excluding carboxylic acids is 3. The normalized spacial score (nSPS) is 49.5. The highest BCUT2D eigenvalue weighted by molar-refractivity contribution is 5.85. The zero-order valence-corrected chi connectivity index (χ0v) is 31.0. The average Bonchev–Trinajstić information content (AvgIpc) is 3.66. The molecule has 17 unspecified atom stereocenters. The monoisotopic (exact) mass is 752 g/mol. The largest absolute Gasteiger partial charge is 0.458 e. The van der Waals surface area contributed by atoms with Crippen LogP contribution in [0.4, 0.5) is 0 Å². The molecule has 15 nitrogen and oxygen atoms in total. The fraction of sp³-hybridized carbons (Fsp3) is 0.868. The molecule has 17 atom stereocenters. The Morgan fingerprint density at radius 3 is 2.28 bits per heavy atom. The second-order valence-electron chi connectivity index (χ2n) is 17.0. The number of esters is 3. The lowest BCUT2D eigenvalue weighted by Gasteiger charge is -2.64. The van der Waals surface area contributed by atoms with E-state index in [2.05, 4.69) is 13.8 Å². The molecule has 15 heteroatoms. The summed E-state index contributed by atoms with van der Waals surface area (Å²) in [5.41, 5.74) is -0.190. The van der Waals surface area contributed by atoms with E-state index >= 15 is 0 Å². The summed E-state index contributed by atoms with van der Waals surface area (Å²) in [5, 5.41) is 53.7. The van der Waals surface area contributed by atoms with E-state index in [9.17, 15) is 39.9 Å². The van der Waals surface area contributed by atoms with Gasteiger partial charge in [-0.25, -0.2) is 4.79 Å². The summed E-state index contributed by atoms with van der Waals surface area (Å²) in [6.45, 7) is 6.27. The van der Waals surface area contributed by atoms with Crippen LogP contribution in [0.3, 0.4) is 0 Å². The number of cyclic esters (lactones) is 1. The van der Waals surface area contributed by atoms with E-state index in [1.165, 1.54) is 13.8 Å². The first kappa shape index (κ1) is 39.0. The van der Waals surface area contributed by atoms with Crippen molar-refractivity contribution in [2.24, 2.45) is 34.5 Å². The number of hydrogen-bond donors (Lipinski definition) is 5. The molecular formula is C38H56O15. The van der Waals surface area contributed by atoms with Gasteiger partial charge in [0.25, 0.3) is 0 Å². The summed E-state index contributed by atoms with van der Waals surface area (Å²) in [6.07, 6.45) is -3.83. The van der Waals surface area contributed by atoms with Crippen LogP contribution in [-0.4, -0.2) is 130 Å². The number of aliphatic hydroxyl groups excluding tert-OH is 4. The van der Waals surface area contributed by atoms with Crippen molar-refractivity contribution in [2.75, 3.05) is 19.8 Å². The minimum absolute atomic E-state index is 0.0435. The Kier molecular flexibility index (Phi) is 10.8. The molecule has 0 aromatic heterocycles. The smallest absolute Gasteiger partial charge is 0.331 e. The van der Waals surface area contributed by atoms with Crippen LogP contribution in [0, 0.1) is 34.5 Å². The molecule has 298 valence electrons. The quantitative estimate of drug-likeness (QED) is 0.133. The van der Waals surface area contributed by atoms with Crippen LogP contribution in [0.2, 0.25) is 0 Å². The van der Waals surface area contributed by atoms with E-state index in [4.69, 9.17) is 33.2 Å². The Balaban J connectivity index is 1.07. The van der Waals surface area contributed by atoms with Crippen LogP contribution in [0.25, 0.3) is 0 Å². The minimum atomic E-state index is -1.68. The van der Waals surface area contributed by atoms with Gasteiger partial charge in [-0.2, -0.15) is 0 Å². The molecule has 5 N–H and O–H groups in total. The molecule has 7 rings (SSSR count). The van der Waals surface area contributed by atoms with E-state index in [0.29, 0.717) is 31.8 Å². The van der Waals surface area contributed by atoms with Gasteiger partial charge < -0.3 is 58.7 Å². The van der Waals surface area contributed by atoms with Crippen molar-refractivity contribution in [3.05, 3.63) is 11.6 Å². The molecule has 0 amide bonds. The van der Waals surface area contributed by atoms with E-state index < -0.39 is 79.5 Å². The topological polar surface area (TPSA) is 217 Å². The Bertz CT molecular complexity index is 1440. The van der Waals surface area contributed by atoms with Gasteiger partial charge in [0.15, 0.2) is 24.8 Å². The van der Waals surface area contributed by atoms with Crippen molar-refractivity contribution in [2.45, 2.75) is 152 Å². The standard InChI is InChI=1S/C38H56O15/c1-18(40)49-32-31(53-34-30(45)29(44)26(42)17-48-34)27(15-39)52-35(33(32)50-19(2)41)51-22-7-10-36(3)21(14-22)5-6-25-24(36)8-11-37(4)23(9-12-38(25,37)46)20-13-28(43)47-16-20/h13,21-27,29-35,39,42,44-46H,5-12,14-17H2,1-4H3. The van der Waals surface area contributed by atoms with Crippen LogP contribution in [0.5, 0.6) is 0 Å². The molecule has 6 fully saturated rings. The molecule has 4 aliphatic carbocycles. The van der Waals surface area contributed by atoms with Gasteiger partial charge in [0, 0.05) is 25.3 Å². The Morgan fingerprint density at radius 1 is 0.868 bits per heavy atom. The zero-order valence-electron chi connectivity index (χ0n) is 31.0. The molecule has 0 radical (unpaired) electrons. The first-order valence-corrected chi connectivity index (χ1v) is 19.3. The van der Waals surface area contributed by atoms with E-state index in [1.807, 2.05) is 0 Å². The van der Waals surface area contributed by atoms with Gasteiger partial charge in [0.2, 0.25) is 0 Å². The number of carbonyl (C=O) groups is 3. The van der Waals surface area contributed by atoms with Gasteiger partial charge in [-0.1, -0.05) is 13.8 Å². The third-order valence-corrected chi connectivity index (χ3v) is 14.4. The molecule has 4 saturated carbocycles. The van der Waals surface area contributed by atoms with Gasteiger partial charge in [0.05, 0.1) is 24.9 Å². The number of ether oxygens (including phenoxy) is 7. The summed E-state index contributed by atoms with van der Waals surface area (Å²) in [7, 11) is 0. The Hall–Kier alpha value is -2.21. The number of hydrogen-bond acceptors (Lipinski definition) is 15. The predicted molar refractivity (Wildman–Crippen MR) is 180 cm³/mol. The van der Waals surface area contributed by atoms with Gasteiger partial charge in [0.1, 0.15) is 37.1 Å². The van der Waals surface area contributed by atoms with E-state index in [0.717, 1.165) is 44.1 Å². The fourth-order valence-electron chi connectivity index (χ4n) is 11.7. The maximum Gasteiger partial charge on any atom is 0.331 e. The Labute approximate surface area is 309 Å². The van der Waals surface area contributed by atoms with E-state index in [-0.39, 0.29) is 47.3 Å². The van der Waals surface area contributed by atoms with E-state index in [1.54, 1.807) is 6.08 Å². The average molecular weight is 753 g/mol. The minimum Gasteiger partial charge on any atom is -0.458 e. The Morgan fingerprint density at radius 2 is 1.60 bits per heavy atom. The molecule has 3 aliphatic heterocycles. The van der Waals surface area contributed by atoms with Crippen LogP contribution in [0.15, 0.2) is 11.6 Å².